The third-order valence-electron chi connectivity index (χ3n) is 2.12. The van der Waals surface area contributed by atoms with Gasteiger partial charge in [0, 0.05) is 17.2 Å². The van der Waals surface area contributed by atoms with Gasteiger partial charge in [-0.3, -0.25) is 4.79 Å². The monoisotopic (exact) mass is 198 g/mol. The molecule has 1 unspecified atom stereocenters. The normalized spacial score (nSPS) is 23.4. The Morgan fingerprint density at radius 3 is 3.31 bits per heavy atom. The van der Waals surface area contributed by atoms with Crippen molar-refractivity contribution in [3.63, 3.8) is 0 Å². The number of aromatic nitrogens is 2. The number of ketones is 1. The number of carbonyl (C=O) groups is 1. The molecule has 1 atom stereocenters. The highest BCUT2D eigenvalue weighted by Crippen LogP contribution is 2.16. The molecular weight excluding hydrogens is 188 g/mol. The number of hydrogen-bond acceptors (Lipinski definition) is 5. The van der Waals surface area contributed by atoms with Gasteiger partial charge in [-0.05, 0) is 18.0 Å². The predicted octanol–water partition coefficient (Wildman–Crippen LogP) is 0.686. The van der Waals surface area contributed by atoms with Gasteiger partial charge in [-0.15, -0.1) is 5.10 Å². The summed E-state index contributed by atoms with van der Waals surface area (Å²) in [6.45, 7) is 1.13. The van der Waals surface area contributed by atoms with Crippen molar-refractivity contribution in [3.8, 4) is 0 Å². The first-order valence-electron chi connectivity index (χ1n) is 4.23. The SMILES string of the molecule is O=C1CCOCC1Cc1cnns1. The second-order valence-electron chi connectivity index (χ2n) is 3.08. The van der Waals surface area contributed by atoms with Crippen LogP contribution in [0, 0.1) is 5.92 Å². The second-order valence-corrected chi connectivity index (χ2v) is 3.95. The van der Waals surface area contributed by atoms with Crippen molar-refractivity contribution in [2.75, 3.05) is 13.2 Å². The van der Waals surface area contributed by atoms with Gasteiger partial charge < -0.3 is 4.74 Å². The molecule has 0 saturated carbocycles. The summed E-state index contributed by atoms with van der Waals surface area (Å²) in [7, 11) is 0. The lowest BCUT2D eigenvalue weighted by molar-refractivity contribution is -0.130. The lowest BCUT2D eigenvalue weighted by Gasteiger charge is -2.19. The van der Waals surface area contributed by atoms with E-state index < -0.39 is 0 Å². The minimum atomic E-state index is 0.0241. The number of ether oxygens (including phenoxy) is 1. The highest BCUT2D eigenvalue weighted by molar-refractivity contribution is 7.05. The molecule has 1 saturated heterocycles. The summed E-state index contributed by atoms with van der Waals surface area (Å²) in [6, 6.07) is 0. The van der Waals surface area contributed by atoms with Crippen LogP contribution in [0.3, 0.4) is 0 Å². The van der Waals surface area contributed by atoms with E-state index in [4.69, 9.17) is 4.74 Å². The van der Waals surface area contributed by atoms with Gasteiger partial charge in [0.05, 0.1) is 19.4 Å². The Morgan fingerprint density at radius 2 is 2.62 bits per heavy atom. The van der Waals surface area contributed by atoms with Crippen LogP contribution in [-0.4, -0.2) is 28.6 Å². The van der Waals surface area contributed by atoms with E-state index in [0.717, 1.165) is 11.3 Å². The van der Waals surface area contributed by atoms with Crippen LogP contribution in [0.25, 0.3) is 0 Å². The molecule has 0 amide bonds. The molecule has 70 valence electrons. The molecule has 1 aliphatic heterocycles. The predicted molar refractivity (Wildman–Crippen MR) is 47.5 cm³/mol. The molecule has 1 aromatic rings. The maximum atomic E-state index is 11.4. The Labute approximate surface area is 80.1 Å². The van der Waals surface area contributed by atoms with Crippen LogP contribution in [0.4, 0.5) is 0 Å². The van der Waals surface area contributed by atoms with Crippen molar-refractivity contribution in [1.29, 1.82) is 0 Å². The Kier molecular flexibility index (Phi) is 2.65. The highest BCUT2D eigenvalue weighted by atomic mass is 32.1. The fourth-order valence-electron chi connectivity index (χ4n) is 1.39. The lowest BCUT2D eigenvalue weighted by atomic mass is 9.97. The average Bonchev–Trinajstić information content (AvgIpc) is 2.61. The van der Waals surface area contributed by atoms with E-state index >= 15 is 0 Å². The first-order chi connectivity index (χ1) is 6.36. The zero-order valence-corrected chi connectivity index (χ0v) is 7.92. The molecule has 13 heavy (non-hydrogen) atoms. The van der Waals surface area contributed by atoms with E-state index in [1.54, 1.807) is 6.20 Å². The third kappa shape index (κ3) is 2.10. The molecule has 1 aliphatic rings. The average molecular weight is 198 g/mol. The van der Waals surface area contributed by atoms with Gasteiger partial charge in [-0.25, -0.2) is 0 Å². The molecule has 0 aliphatic carbocycles. The molecule has 5 heteroatoms. The van der Waals surface area contributed by atoms with Crippen LogP contribution in [0.15, 0.2) is 6.20 Å². The van der Waals surface area contributed by atoms with E-state index in [1.807, 2.05) is 0 Å². The summed E-state index contributed by atoms with van der Waals surface area (Å²) in [5.74, 6) is 0.329. The highest BCUT2D eigenvalue weighted by Gasteiger charge is 2.23. The molecule has 0 N–H and O–H groups in total. The zero-order chi connectivity index (χ0) is 9.10. The van der Waals surface area contributed by atoms with Gasteiger partial charge in [0.2, 0.25) is 0 Å². The van der Waals surface area contributed by atoms with Crippen molar-refractivity contribution in [2.24, 2.45) is 5.92 Å². The van der Waals surface area contributed by atoms with E-state index in [2.05, 4.69) is 9.59 Å². The van der Waals surface area contributed by atoms with Crippen molar-refractivity contribution in [3.05, 3.63) is 11.1 Å². The first-order valence-corrected chi connectivity index (χ1v) is 5.00. The van der Waals surface area contributed by atoms with Crippen LogP contribution in [0.5, 0.6) is 0 Å². The van der Waals surface area contributed by atoms with Crippen molar-refractivity contribution < 1.29 is 9.53 Å². The van der Waals surface area contributed by atoms with E-state index in [-0.39, 0.29) is 5.92 Å². The molecule has 2 rings (SSSR count). The summed E-state index contributed by atoms with van der Waals surface area (Å²) in [6.07, 6.45) is 3.00. The second kappa shape index (κ2) is 3.93. The largest absolute Gasteiger partial charge is 0.380 e. The minimum absolute atomic E-state index is 0.0241. The maximum absolute atomic E-state index is 11.4. The molecule has 1 fully saturated rings. The van der Waals surface area contributed by atoms with Crippen LogP contribution in [-0.2, 0) is 16.0 Å². The Hall–Kier alpha value is -0.810. The molecule has 0 aromatic carbocycles. The van der Waals surface area contributed by atoms with Crippen LogP contribution >= 0.6 is 11.5 Å². The van der Waals surface area contributed by atoms with Gasteiger partial charge in [-0.1, -0.05) is 4.49 Å². The summed E-state index contributed by atoms with van der Waals surface area (Å²) in [5, 5.41) is 3.73. The first kappa shape index (κ1) is 8.77. The fourth-order valence-corrected chi connectivity index (χ4v) is 1.96. The van der Waals surface area contributed by atoms with E-state index in [0.29, 0.717) is 25.4 Å². The smallest absolute Gasteiger partial charge is 0.140 e. The quantitative estimate of drug-likeness (QED) is 0.701. The molecular formula is C8H10N2O2S. The standard InChI is InChI=1S/C8H10N2O2S/c11-8-1-2-12-5-6(8)3-7-4-9-10-13-7/h4,6H,1-3,5H2. The van der Waals surface area contributed by atoms with Crippen molar-refractivity contribution in [2.45, 2.75) is 12.8 Å². The summed E-state index contributed by atoms with van der Waals surface area (Å²) < 4.78 is 9.00. The van der Waals surface area contributed by atoms with E-state index in [1.165, 1.54) is 11.5 Å². The molecule has 4 nitrogen and oxygen atoms in total. The van der Waals surface area contributed by atoms with Gasteiger partial charge in [0.25, 0.3) is 0 Å². The maximum Gasteiger partial charge on any atom is 0.140 e. The summed E-state index contributed by atoms with van der Waals surface area (Å²) in [4.78, 5) is 12.5. The van der Waals surface area contributed by atoms with Gasteiger partial charge in [-0.2, -0.15) is 0 Å². The van der Waals surface area contributed by atoms with Gasteiger partial charge in [0.15, 0.2) is 0 Å². The number of hydrogen-bond donors (Lipinski definition) is 0. The Morgan fingerprint density at radius 1 is 1.69 bits per heavy atom. The van der Waals surface area contributed by atoms with Gasteiger partial charge in [0.1, 0.15) is 5.78 Å². The minimum Gasteiger partial charge on any atom is -0.380 e. The van der Waals surface area contributed by atoms with Crippen LogP contribution in [0.2, 0.25) is 0 Å². The number of nitrogens with zero attached hydrogens (tertiary/aromatic N) is 2. The summed E-state index contributed by atoms with van der Waals surface area (Å²) >= 11 is 1.35. The van der Waals surface area contributed by atoms with Gasteiger partial charge >= 0.3 is 0 Å². The number of rotatable bonds is 2. The third-order valence-corrected chi connectivity index (χ3v) is 2.80. The Balaban J connectivity index is 1.97. The van der Waals surface area contributed by atoms with Crippen molar-refractivity contribution in [1.82, 2.24) is 9.59 Å². The zero-order valence-electron chi connectivity index (χ0n) is 7.10. The van der Waals surface area contributed by atoms with E-state index in [9.17, 15) is 4.79 Å². The molecule has 0 spiro atoms. The Bertz CT molecular complexity index is 286. The topological polar surface area (TPSA) is 52.1 Å². The number of carbonyl (C=O) groups excluding carboxylic acids is 1. The van der Waals surface area contributed by atoms with Crippen LogP contribution in [0.1, 0.15) is 11.3 Å². The summed E-state index contributed by atoms with van der Waals surface area (Å²) in [5.41, 5.74) is 0. The molecule has 0 bridgehead atoms. The molecule has 0 radical (unpaired) electrons. The van der Waals surface area contributed by atoms with Crippen molar-refractivity contribution >= 4 is 17.3 Å². The fraction of sp³-hybridized carbons (Fsp3) is 0.625. The lowest BCUT2D eigenvalue weighted by Crippen LogP contribution is -2.28. The van der Waals surface area contributed by atoms with Crippen LogP contribution < -0.4 is 0 Å². The molecule has 1 aromatic heterocycles. The molecule has 2 heterocycles. The number of Topliss-reactive ketones (excluding diaryl/α,β-unsaturated/α-hetero) is 1.